The molecule has 6 nitrogen and oxygen atoms in total. The van der Waals surface area contributed by atoms with Crippen LogP contribution in [0.2, 0.25) is 0 Å². The smallest absolute Gasteiger partial charge is 0.336 e. The molecule has 0 aliphatic heterocycles. The van der Waals surface area contributed by atoms with Gasteiger partial charge in [0.15, 0.2) is 0 Å². The molecule has 1 N–H and O–H groups in total. The van der Waals surface area contributed by atoms with Crippen LogP contribution in [0.25, 0.3) is 0 Å². The maximum absolute atomic E-state index is 13.2. The van der Waals surface area contributed by atoms with Gasteiger partial charge in [0.1, 0.15) is 6.10 Å². The average molecular weight is 699 g/mol. The molecule has 1 aromatic carbocycles. The van der Waals surface area contributed by atoms with Crippen LogP contribution in [0.4, 0.5) is 0 Å². The zero-order chi connectivity index (χ0) is 37.4. The molecule has 0 heterocycles. The van der Waals surface area contributed by atoms with E-state index < -0.39 is 17.4 Å². The highest BCUT2D eigenvalue weighted by Crippen LogP contribution is 2.77. The summed E-state index contributed by atoms with van der Waals surface area (Å²) < 4.78 is 11.2. The van der Waals surface area contributed by atoms with Crippen molar-refractivity contribution in [2.24, 2.45) is 62.1 Å². The highest BCUT2D eigenvalue weighted by molar-refractivity contribution is 5.90. The van der Waals surface area contributed by atoms with Crippen molar-refractivity contribution in [3.63, 3.8) is 0 Å². The summed E-state index contributed by atoms with van der Waals surface area (Å²) >= 11 is 0. The molecule has 278 valence electrons. The Balaban J connectivity index is 1.28. The van der Waals surface area contributed by atoms with Gasteiger partial charge in [0.05, 0.1) is 24.5 Å². The van der Waals surface area contributed by atoms with E-state index in [9.17, 15) is 19.5 Å². The Hall–Kier alpha value is -3.07. The molecule has 5 aliphatic rings. The second-order valence-corrected chi connectivity index (χ2v) is 19.3. The minimum atomic E-state index is -0.926. The molecule has 4 unspecified atom stereocenters. The largest absolute Gasteiger partial charge is 0.478 e. The number of carbonyl (C=O) groups is 3. The summed E-state index contributed by atoms with van der Waals surface area (Å²) in [5.41, 5.74) is 1.39. The van der Waals surface area contributed by atoms with Crippen LogP contribution in [0.5, 0.6) is 0 Å². The van der Waals surface area contributed by atoms with Crippen molar-refractivity contribution in [1.82, 2.24) is 0 Å². The average Bonchev–Trinajstić information content (AvgIpc) is 3.45. The van der Waals surface area contributed by atoms with E-state index in [2.05, 4.69) is 60.0 Å². The fourth-order valence-electron chi connectivity index (χ4n) is 13.4. The van der Waals surface area contributed by atoms with E-state index >= 15 is 0 Å². The van der Waals surface area contributed by atoms with Crippen molar-refractivity contribution in [2.45, 2.75) is 132 Å². The van der Waals surface area contributed by atoms with E-state index in [1.54, 1.807) is 26.0 Å². The Morgan fingerprint density at radius 1 is 0.902 bits per heavy atom. The number of fused-ring (bicyclic) bond motifs is 7. The summed E-state index contributed by atoms with van der Waals surface area (Å²) in [6, 6.07) is 7.18. The molecule has 6 heteroatoms. The first-order valence-electron chi connectivity index (χ1n) is 19.6. The standard InChI is InChI=1S/C45H62O6/c1-28(2)30-18-24-45(23-17-29-13-11-12-14-31(29)38(47)48)26-25-43(8)32(37(30)45)15-16-34-42(7)21-20-35(41(5,6)33(42)19-22-44(34,43)9)51-36(46)27-40(3,4)39(49)50-10/h11-14,30,32-35,37H,1,15-16,18-22,24-27H2,2-10H3,(H,47,48)/t30-,32?,33?,34?,35-,37?,42-,43+,44+,45+/m0/s1. The van der Waals surface area contributed by atoms with Crippen molar-refractivity contribution in [1.29, 1.82) is 0 Å². The monoisotopic (exact) mass is 698 g/mol. The fraction of sp³-hybridized carbons (Fsp3) is 0.711. The number of hydrogen-bond donors (Lipinski definition) is 1. The molecule has 0 aromatic heterocycles. The number of carboxylic acid groups (broad SMARTS) is 1. The molecule has 0 amide bonds. The minimum Gasteiger partial charge on any atom is -0.478 e. The van der Waals surface area contributed by atoms with E-state index in [0.717, 1.165) is 44.9 Å². The number of ether oxygens (including phenoxy) is 2. The normalized spacial score (nSPS) is 39.5. The fourth-order valence-corrected chi connectivity index (χ4v) is 13.4. The van der Waals surface area contributed by atoms with E-state index in [1.165, 1.54) is 31.9 Å². The van der Waals surface area contributed by atoms with Gasteiger partial charge < -0.3 is 14.6 Å². The summed E-state index contributed by atoms with van der Waals surface area (Å²) in [4.78, 5) is 37.6. The minimum absolute atomic E-state index is 0.0128. The first kappa shape index (κ1) is 37.7. The molecule has 0 bridgehead atoms. The first-order valence-corrected chi connectivity index (χ1v) is 19.6. The maximum Gasteiger partial charge on any atom is 0.336 e. The number of benzene rings is 1. The second-order valence-electron chi connectivity index (χ2n) is 19.3. The quantitative estimate of drug-likeness (QED) is 0.181. The van der Waals surface area contributed by atoms with Crippen LogP contribution in [-0.4, -0.2) is 36.2 Å². The molecule has 0 radical (unpaired) electrons. The SMILES string of the molecule is C=C(C)[C@@H]1CC[C@]2(C#Cc3ccccc3C(=O)O)CC[C@]3(C)C(CCC4[C@@]5(C)CC[C@H](OC(=O)CC(C)(C)C(=O)OC)C(C)(C)C5CC[C@]43C)C12. The van der Waals surface area contributed by atoms with Crippen molar-refractivity contribution < 1.29 is 29.0 Å². The van der Waals surface area contributed by atoms with Gasteiger partial charge in [-0.05, 0) is 143 Å². The van der Waals surface area contributed by atoms with Crippen molar-refractivity contribution >= 4 is 17.9 Å². The lowest BCUT2D eigenvalue weighted by Gasteiger charge is -2.72. The lowest BCUT2D eigenvalue weighted by Crippen LogP contribution is -2.66. The molecule has 0 saturated heterocycles. The number of carbonyl (C=O) groups excluding carboxylic acids is 2. The number of hydrogen-bond acceptors (Lipinski definition) is 5. The second kappa shape index (κ2) is 12.8. The topological polar surface area (TPSA) is 89.9 Å². The highest BCUT2D eigenvalue weighted by Gasteiger charge is 2.71. The summed E-state index contributed by atoms with van der Waals surface area (Å²) in [5, 5.41) is 9.87. The summed E-state index contributed by atoms with van der Waals surface area (Å²) in [7, 11) is 1.36. The van der Waals surface area contributed by atoms with Gasteiger partial charge in [-0.25, -0.2) is 4.79 Å². The third-order valence-electron chi connectivity index (χ3n) is 16.2. The van der Waals surface area contributed by atoms with E-state index in [-0.39, 0.29) is 51.1 Å². The number of allylic oxidation sites excluding steroid dienone is 1. The van der Waals surface area contributed by atoms with E-state index in [4.69, 9.17) is 9.47 Å². The number of methoxy groups -OCH3 is 1. The predicted molar refractivity (Wildman–Crippen MR) is 200 cm³/mol. The Labute approximate surface area is 306 Å². The molecule has 1 aromatic rings. The zero-order valence-electron chi connectivity index (χ0n) is 32.7. The highest BCUT2D eigenvalue weighted by atomic mass is 16.5. The molecule has 5 saturated carbocycles. The predicted octanol–water partition coefficient (Wildman–Crippen LogP) is 9.89. The van der Waals surface area contributed by atoms with Crippen LogP contribution in [0.1, 0.15) is 142 Å². The summed E-state index contributed by atoms with van der Waals surface area (Å²) in [5.74, 6) is 7.99. The van der Waals surface area contributed by atoms with Crippen LogP contribution >= 0.6 is 0 Å². The van der Waals surface area contributed by atoms with Crippen molar-refractivity contribution in [3.8, 4) is 11.8 Å². The molecule has 51 heavy (non-hydrogen) atoms. The number of carboxylic acids is 1. The van der Waals surface area contributed by atoms with Crippen LogP contribution in [0, 0.1) is 73.9 Å². The van der Waals surface area contributed by atoms with Gasteiger partial charge in [0.2, 0.25) is 0 Å². The Morgan fingerprint density at radius 2 is 1.61 bits per heavy atom. The van der Waals surface area contributed by atoms with E-state index in [0.29, 0.717) is 35.2 Å². The Kier molecular flexibility index (Phi) is 9.46. The summed E-state index contributed by atoms with van der Waals surface area (Å²) in [6.07, 6.45) is 10.7. The molecule has 5 aliphatic carbocycles. The van der Waals surface area contributed by atoms with Crippen LogP contribution < -0.4 is 0 Å². The molecular formula is C45H62O6. The van der Waals surface area contributed by atoms with Crippen LogP contribution in [0.3, 0.4) is 0 Å². The number of aromatic carboxylic acids is 1. The summed E-state index contributed by atoms with van der Waals surface area (Å²) in [6.45, 7) is 22.7. The van der Waals surface area contributed by atoms with Gasteiger partial charge in [0.25, 0.3) is 0 Å². The van der Waals surface area contributed by atoms with E-state index in [1.807, 2.05) is 12.1 Å². The van der Waals surface area contributed by atoms with Gasteiger partial charge in [0, 0.05) is 16.4 Å². The van der Waals surface area contributed by atoms with Gasteiger partial charge in [-0.3, -0.25) is 9.59 Å². The van der Waals surface area contributed by atoms with Crippen LogP contribution in [0.15, 0.2) is 36.4 Å². The first-order chi connectivity index (χ1) is 23.8. The molecular weight excluding hydrogens is 636 g/mol. The molecule has 10 atom stereocenters. The maximum atomic E-state index is 13.2. The lowest BCUT2D eigenvalue weighted by molar-refractivity contribution is -0.247. The third kappa shape index (κ3) is 5.79. The zero-order valence-corrected chi connectivity index (χ0v) is 32.7. The van der Waals surface area contributed by atoms with Gasteiger partial charge >= 0.3 is 17.9 Å². The lowest BCUT2D eigenvalue weighted by atomic mass is 9.32. The van der Waals surface area contributed by atoms with Crippen molar-refractivity contribution in [3.05, 3.63) is 47.5 Å². The van der Waals surface area contributed by atoms with Gasteiger partial charge in [-0.15, -0.1) is 0 Å². The molecule has 5 fully saturated rings. The molecule has 0 spiro atoms. The van der Waals surface area contributed by atoms with Crippen LogP contribution in [-0.2, 0) is 19.1 Å². The third-order valence-corrected chi connectivity index (χ3v) is 16.2. The molecule has 6 rings (SSSR count). The Bertz CT molecular complexity index is 1660. The Morgan fingerprint density at radius 3 is 2.27 bits per heavy atom. The number of esters is 2. The van der Waals surface area contributed by atoms with Crippen molar-refractivity contribution in [2.75, 3.05) is 7.11 Å². The van der Waals surface area contributed by atoms with Gasteiger partial charge in [-0.1, -0.05) is 70.7 Å². The number of rotatable bonds is 6. The van der Waals surface area contributed by atoms with Gasteiger partial charge in [-0.2, -0.15) is 0 Å².